The Labute approximate surface area is 315 Å². The molecule has 15 atom stereocenters. The average Bonchev–Trinajstić information content (AvgIpc) is 3.46. The topological polar surface area (TPSA) is 127 Å². The SMILES string of the molecule is COC1C(CN2O[C@@H](CO)[C@H]([C@H](C)O)[C@H]2C(=O)N[C@H]2C[C@H]3C[C@@H]([C@@H]2C)C3(C)C)CCCC1C1CC(C(=O)N[C@H](CN(C)C)C(C)C)CC(N(C)C)C1. The second-order valence-corrected chi connectivity index (χ2v) is 19.2. The molecular weight excluding hydrogens is 658 g/mol. The van der Waals surface area contributed by atoms with E-state index < -0.39 is 24.2 Å². The Morgan fingerprint density at radius 3 is 2.29 bits per heavy atom. The third-order valence-electron chi connectivity index (χ3n) is 14.9. The minimum absolute atomic E-state index is 0.0567. The lowest BCUT2D eigenvalue weighted by Gasteiger charge is -2.62. The van der Waals surface area contributed by atoms with Crippen molar-refractivity contribution in [2.75, 3.05) is 55.0 Å². The molecule has 1 aliphatic heterocycles. The Morgan fingerprint density at radius 2 is 1.73 bits per heavy atom. The van der Waals surface area contributed by atoms with E-state index in [9.17, 15) is 19.8 Å². The quantitative estimate of drug-likeness (QED) is 0.212. The Balaban J connectivity index is 1.32. The standard InChI is InChI=1S/C41H75N5O6/c1-23(2)34(21-44(7)8)43-39(49)28-15-27(16-30(17-28)45(9)10)31-14-12-13-26(38(31)51-11)20-46-37(36(25(4)48)35(22-47)52-46)40(50)42-33-19-29-18-32(24(33)3)41(29,5)6/h23-38,47-48H,12-22H2,1-11H3,(H,42,50)(H,43,49)/t24-,25-,26?,27?,28?,29+,30?,31?,32-,33-,34+,35-,36-,37-,38?/m0/s1. The van der Waals surface area contributed by atoms with E-state index in [0.717, 1.165) is 51.5 Å². The van der Waals surface area contributed by atoms with Crippen molar-refractivity contribution in [3.05, 3.63) is 0 Å². The zero-order valence-corrected chi connectivity index (χ0v) is 34.4. The summed E-state index contributed by atoms with van der Waals surface area (Å²) in [7, 11) is 10.2. The van der Waals surface area contributed by atoms with Crippen molar-refractivity contribution in [1.29, 1.82) is 0 Å². The minimum atomic E-state index is -0.826. The molecule has 11 nitrogen and oxygen atoms in total. The molecule has 2 amide bonds. The number of aliphatic hydroxyl groups excluding tert-OH is 2. The van der Waals surface area contributed by atoms with Crippen LogP contribution < -0.4 is 10.6 Å². The molecule has 0 aromatic rings. The Hall–Kier alpha value is -1.34. The van der Waals surface area contributed by atoms with Crippen molar-refractivity contribution in [1.82, 2.24) is 25.5 Å². The van der Waals surface area contributed by atoms with Gasteiger partial charge in [0.05, 0.1) is 18.8 Å². The summed E-state index contributed by atoms with van der Waals surface area (Å²) in [5, 5.41) is 30.0. The summed E-state index contributed by atoms with van der Waals surface area (Å²) in [6.07, 6.45) is 6.43. The molecular formula is C41H75N5O6. The van der Waals surface area contributed by atoms with E-state index >= 15 is 0 Å². The molecule has 6 rings (SSSR count). The smallest absolute Gasteiger partial charge is 0.240 e. The first-order valence-corrected chi connectivity index (χ1v) is 20.6. The number of methoxy groups -OCH3 is 1. The maximum absolute atomic E-state index is 14.3. The van der Waals surface area contributed by atoms with E-state index in [-0.39, 0.29) is 54.4 Å². The fourth-order valence-electron chi connectivity index (χ4n) is 11.5. The zero-order valence-electron chi connectivity index (χ0n) is 34.4. The number of carbonyl (C=O) groups excluding carboxylic acids is 2. The summed E-state index contributed by atoms with van der Waals surface area (Å²) < 4.78 is 6.40. The molecule has 0 spiro atoms. The minimum Gasteiger partial charge on any atom is -0.394 e. The van der Waals surface area contributed by atoms with Crippen LogP contribution in [0.3, 0.4) is 0 Å². The maximum Gasteiger partial charge on any atom is 0.240 e. The van der Waals surface area contributed by atoms with Gasteiger partial charge in [0, 0.05) is 56.1 Å². The number of ether oxygens (including phenoxy) is 1. The first-order valence-electron chi connectivity index (χ1n) is 20.6. The van der Waals surface area contributed by atoms with Crippen molar-refractivity contribution in [2.45, 2.75) is 135 Å². The molecule has 52 heavy (non-hydrogen) atoms. The Kier molecular flexibility index (Phi) is 13.8. The number of fused-ring (bicyclic) bond motifs is 2. The van der Waals surface area contributed by atoms with Crippen LogP contribution in [-0.2, 0) is 19.2 Å². The summed E-state index contributed by atoms with van der Waals surface area (Å²) in [5.74, 6) is 2.10. The third-order valence-corrected chi connectivity index (χ3v) is 14.9. The lowest BCUT2D eigenvalue weighted by molar-refractivity contribution is -0.193. The molecule has 6 aliphatic rings. The number of nitrogens with one attached hydrogen (secondary N) is 2. The first kappa shape index (κ1) is 41.8. The van der Waals surface area contributed by atoms with Crippen LogP contribution in [0.15, 0.2) is 0 Å². The van der Waals surface area contributed by atoms with Gasteiger partial charge in [-0.3, -0.25) is 14.4 Å². The molecule has 6 fully saturated rings. The van der Waals surface area contributed by atoms with Crippen molar-refractivity contribution in [2.24, 2.45) is 58.7 Å². The van der Waals surface area contributed by atoms with E-state index in [4.69, 9.17) is 9.57 Å². The predicted molar refractivity (Wildman–Crippen MR) is 204 cm³/mol. The molecule has 11 heteroatoms. The normalized spacial score (nSPS) is 40.4. The highest BCUT2D eigenvalue weighted by molar-refractivity contribution is 5.83. The number of rotatable bonds is 14. The number of nitrogens with zero attached hydrogens (tertiary/aromatic N) is 3. The second kappa shape index (κ2) is 17.2. The summed E-state index contributed by atoms with van der Waals surface area (Å²) in [6, 6.07) is -0.196. The van der Waals surface area contributed by atoms with E-state index in [1.165, 1.54) is 6.42 Å². The van der Waals surface area contributed by atoms with Crippen LogP contribution >= 0.6 is 0 Å². The van der Waals surface area contributed by atoms with Gasteiger partial charge in [-0.1, -0.05) is 41.0 Å². The van der Waals surface area contributed by atoms with Gasteiger partial charge in [0.15, 0.2) is 0 Å². The predicted octanol–water partition coefficient (Wildman–Crippen LogP) is 3.63. The molecule has 5 aliphatic carbocycles. The van der Waals surface area contributed by atoms with E-state index in [1.54, 1.807) is 12.0 Å². The van der Waals surface area contributed by atoms with Gasteiger partial charge in [-0.15, -0.1) is 0 Å². The van der Waals surface area contributed by atoms with Gasteiger partial charge in [0.25, 0.3) is 0 Å². The summed E-state index contributed by atoms with van der Waals surface area (Å²) in [6.45, 7) is 14.1. The first-order chi connectivity index (χ1) is 24.5. The van der Waals surface area contributed by atoms with Gasteiger partial charge >= 0.3 is 0 Å². The number of hydrogen-bond donors (Lipinski definition) is 4. The lowest BCUT2D eigenvalue weighted by Crippen LogP contribution is -2.62. The number of amides is 2. The number of aliphatic hydroxyl groups is 2. The van der Waals surface area contributed by atoms with Crippen LogP contribution in [0.4, 0.5) is 0 Å². The fraction of sp³-hybridized carbons (Fsp3) is 0.951. The highest BCUT2D eigenvalue weighted by Crippen LogP contribution is 2.61. The molecule has 6 unspecified atom stereocenters. The van der Waals surface area contributed by atoms with Gasteiger partial charge in [0.2, 0.25) is 11.8 Å². The van der Waals surface area contributed by atoms with Gasteiger partial charge in [0.1, 0.15) is 12.1 Å². The van der Waals surface area contributed by atoms with Crippen molar-refractivity contribution in [3.8, 4) is 0 Å². The maximum atomic E-state index is 14.3. The molecule has 1 heterocycles. The third kappa shape index (κ3) is 8.71. The Bertz CT molecular complexity index is 1200. The molecule has 5 saturated carbocycles. The summed E-state index contributed by atoms with van der Waals surface area (Å²) >= 11 is 0. The molecule has 2 bridgehead atoms. The van der Waals surface area contributed by atoms with Crippen molar-refractivity contribution >= 4 is 11.8 Å². The van der Waals surface area contributed by atoms with Gasteiger partial charge in [-0.05, 0) is 121 Å². The van der Waals surface area contributed by atoms with Crippen LogP contribution in [0, 0.1) is 58.7 Å². The molecule has 0 aromatic heterocycles. The highest BCUT2D eigenvalue weighted by Gasteiger charge is 2.58. The molecule has 4 N–H and O–H groups in total. The molecule has 300 valence electrons. The molecule has 1 saturated heterocycles. The number of hydrogen-bond acceptors (Lipinski definition) is 9. The summed E-state index contributed by atoms with van der Waals surface area (Å²) in [4.78, 5) is 39.1. The molecule has 0 radical (unpaired) electrons. The number of carbonyl (C=O) groups is 2. The van der Waals surface area contributed by atoms with Gasteiger partial charge in [-0.2, -0.15) is 5.06 Å². The van der Waals surface area contributed by atoms with Gasteiger partial charge < -0.3 is 35.4 Å². The second-order valence-electron chi connectivity index (χ2n) is 19.2. The van der Waals surface area contributed by atoms with Crippen molar-refractivity contribution < 1.29 is 29.4 Å². The lowest BCUT2D eigenvalue weighted by atomic mass is 9.45. The van der Waals surface area contributed by atoms with E-state index in [1.807, 2.05) is 7.11 Å². The van der Waals surface area contributed by atoms with Crippen LogP contribution in [-0.4, -0.2) is 134 Å². The Morgan fingerprint density at radius 1 is 1.02 bits per heavy atom. The average molecular weight is 734 g/mol. The van der Waals surface area contributed by atoms with E-state index in [2.05, 4.69) is 83.2 Å². The van der Waals surface area contributed by atoms with Crippen LogP contribution in [0.5, 0.6) is 0 Å². The van der Waals surface area contributed by atoms with Gasteiger partial charge in [-0.25, -0.2) is 0 Å². The van der Waals surface area contributed by atoms with Crippen molar-refractivity contribution in [3.63, 3.8) is 0 Å². The zero-order chi connectivity index (χ0) is 38.2. The monoisotopic (exact) mass is 734 g/mol. The summed E-state index contributed by atoms with van der Waals surface area (Å²) in [5.41, 5.74) is 0.317. The number of likely N-dealkylation sites (N-methyl/N-ethyl adjacent to an activating group) is 1. The number of hydroxylamine groups is 2. The van der Waals surface area contributed by atoms with Crippen LogP contribution in [0.2, 0.25) is 0 Å². The largest absolute Gasteiger partial charge is 0.394 e. The van der Waals surface area contributed by atoms with Crippen LogP contribution in [0.25, 0.3) is 0 Å². The molecule has 0 aromatic carbocycles. The van der Waals surface area contributed by atoms with E-state index in [0.29, 0.717) is 47.6 Å². The highest BCUT2D eigenvalue weighted by atomic mass is 16.7. The van der Waals surface area contributed by atoms with Crippen LogP contribution in [0.1, 0.15) is 92.9 Å². The fourth-order valence-corrected chi connectivity index (χ4v) is 11.5.